The standard InChI is InChI=1S/C5H13N2O.2ClH/c1-5(8)4-7(3)6-2;;/h4-6,8H,1-3H3;2*1H. The number of nitrogens with one attached hydrogen (secondary N) is 1. The van der Waals surface area contributed by atoms with E-state index < -0.39 is 0 Å². The van der Waals surface area contributed by atoms with Crippen LogP contribution < -0.4 is 5.43 Å². The van der Waals surface area contributed by atoms with E-state index in [1.165, 1.54) is 0 Å². The van der Waals surface area contributed by atoms with Crippen LogP contribution in [0.15, 0.2) is 0 Å². The van der Waals surface area contributed by atoms with Crippen molar-refractivity contribution >= 4 is 24.8 Å². The van der Waals surface area contributed by atoms with Gasteiger partial charge in [-0.25, -0.2) is 5.01 Å². The van der Waals surface area contributed by atoms with Crippen LogP contribution in [0, 0.1) is 6.54 Å². The largest absolute Gasteiger partial charge is 0.392 e. The van der Waals surface area contributed by atoms with Gasteiger partial charge in [0.2, 0.25) is 0 Å². The van der Waals surface area contributed by atoms with Gasteiger partial charge in [-0.05, 0) is 14.0 Å². The first-order chi connectivity index (χ1) is 3.66. The van der Waals surface area contributed by atoms with Crippen molar-refractivity contribution in [3.63, 3.8) is 0 Å². The molecule has 0 rings (SSSR count). The molecule has 0 aromatic heterocycles. The van der Waals surface area contributed by atoms with E-state index in [0.717, 1.165) is 0 Å². The van der Waals surface area contributed by atoms with Gasteiger partial charge in [0.15, 0.2) is 0 Å². The third kappa shape index (κ3) is 11.3. The zero-order valence-electron chi connectivity index (χ0n) is 6.37. The summed E-state index contributed by atoms with van der Waals surface area (Å²) in [5.41, 5.74) is 2.81. The minimum atomic E-state index is -0.382. The fraction of sp³-hybridized carbons (Fsp3) is 0.800. The summed E-state index contributed by atoms with van der Waals surface area (Å²) in [5.74, 6) is 0. The average molecular weight is 190 g/mol. The Labute approximate surface area is 74.6 Å². The van der Waals surface area contributed by atoms with Crippen molar-refractivity contribution in [3.05, 3.63) is 6.54 Å². The van der Waals surface area contributed by atoms with Crippen LogP contribution in [0.3, 0.4) is 0 Å². The molecule has 3 nitrogen and oxygen atoms in total. The lowest BCUT2D eigenvalue weighted by Gasteiger charge is -2.14. The van der Waals surface area contributed by atoms with Crippen LogP contribution in [-0.2, 0) is 0 Å². The predicted molar refractivity (Wildman–Crippen MR) is 47.3 cm³/mol. The summed E-state index contributed by atoms with van der Waals surface area (Å²) < 4.78 is 0. The minimum absolute atomic E-state index is 0. The smallest absolute Gasteiger partial charge is 0.0698 e. The summed E-state index contributed by atoms with van der Waals surface area (Å²) in [4.78, 5) is 0. The van der Waals surface area contributed by atoms with Gasteiger partial charge in [-0.2, -0.15) is 0 Å². The van der Waals surface area contributed by atoms with E-state index >= 15 is 0 Å². The van der Waals surface area contributed by atoms with Gasteiger partial charge in [-0.15, -0.1) is 24.8 Å². The van der Waals surface area contributed by atoms with Crippen molar-refractivity contribution in [1.82, 2.24) is 10.4 Å². The second-order valence-corrected chi connectivity index (χ2v) is 1.72. The lowest BCUT2D eigenvalue weighted by Crippen LogP contribution is -2.31. The summed E-state index contributed by atoms with van der Waals surface area (Å²) in [6, 6.07) is 0. The molecule has 0 aliphatic carbocycles. The Morgan fingerprint density at radius 1 is 1.50 bits per heavy atom. The van der Waals surface area contributed by atoms with E-state index in [2.05, 4.69) is 5.43 Å². The maximum Gasteiger partial charge on any atom is 0.0698 e. The fourth-order valence-corrected chi connectivity index (χ4v) is 0.398. The number of hydrogen-bond acceptors (Lipinski definition) is 3. The molecule has 0 saturated heterocycles. The van der Waals surface area contributed by atoms with Crippen molar-refractivity contribution in [2.45, 2.75) is 13.0 Å². The Bertz CT molecular complexity index is 63.6. The van der Waals surface area contributed by atoms with E-state index in [0.29, 0.717) is 0 Å². The third-order valence-corrected chi connectivity index (χ3v) is 0.792. The predicted octanol–water partition coefficient (Wildman–Crippen LogP) is 0.439. The maximum atomic E-state index is 8.72. The lowest BCUT2D eigenvalue weighted by atomic mass is 10.4. The van der Waals surface area contributed by atoms with Crippen LogP contribution >= 0.6 is 24.8 Å². The summed E-state index contributed by atoms with van der Waals surface area (Å²) in [6.45, 7) is 3.37. The van der Waals surface area contributed by atoms with Gasteiger partial charge >= 0.3 is 0 Å². The molecule has 10 heavy (non-hydrogen) atoms. The van der Waals surface area contributed by atoms with Crippen LogP contribution in [-0.4, -0.2) is 30.3 Å². The number of aliphatic hydroxyl groups is 1. The Morgan fingerprint density at radius 3 is 2.00 bits per heavy atom. The lowest BCUT2D eigenvalue weighted by molar-refractivity contribution is 0.164. The monoisotopic (exact) mass is 189 g/mol. The number of halogens is 2. The number of aliphatic hydroxyl groups excluding tert-OH is 1. The summed E-state index contributed by atoms with van der Waals surface area (Å²) in [6.07, 6.45) is -0.382. The van der Waals surface area contributed by atoms with E-state index in [1.54, 1.807) is 25.5 Å². The quantitative estimate of drug-likeness (QED) is 0.634. The van der Waals surface area contributed by atoms with Crippen LogP contribution in [0.1, 0.15) is 6.92 Å². The van der Waals surface area contributed by atoms with Gasteiger partial charge in [0.1, 0.15) is 0 Å². The molecular weight excluding hydrogens is 175 g/mol. The number of hydrazine groups is 1. The van der Waals surface area contributed by atoms with Gasteiger partial charge in [-0.3, -0.25) is 5.43 Å². The van der Waals surface area contributed by atoms with Gasteiger partial charge < -0.3 is 5.11 Å². The van der Waals surface area contributed by atoms with Crippen molar-refractivity contribution < 1.29 is 5.11 Å². The zero-order valence-corrected chi connectivity index (χ0v) is 8.00. The van der Waals surface area contributed by atoms with Gasteiger partial charge in [0.25, 0.3) is 0 Å². The Kier molecular flexibility index (Phi) is 15.9. The highest BCUT2D eigenvalue weighted by molar-refractivity contribution is 5.85. The van der Waals surface area contributed by atoms with Crippen molar-refractivity contribution in [2.24, 2.45) is 0 Å². The molecule has 0 bridgehead atoms. The Hall–Kier alpha value is 0.460. The first-order valence-electron chi connectivity index (χ1n) is 2.60. The van der Waals surface area contributed by atoms with Crippen LogP contribution in [0.4, 0.5) is 0 Å². The van der Waals surface area contributed by atoms with Crippen LogP contribution in [0.5, 0.6) is 0 Å². The van der Waals surface area contributed by atoms with Crippen LogP contribution in [0.2, 0.25) is 0 Å². The summed E-state index contributed by atoms with van der Waals surface area (Å²) >= 11 is 0. The topological polar surface area (TPSA) is 35.5 Å². The number of likely N-dealkylation sites (N-methyl/N-ethyl adjacent to an activating group) is 1. The molecule has 0 spiro atoms. The summed E-state index contributed by atoms with van der Waals surface area (Å²) in [7, 11) is 3.62. The van der Waals surface area contributed by atoms with E-state index in [-0.39, 0.29) is 30.9 Å². The number of rotatable bonds is 3. The van der Waals surface area contributed by atoms with E-state index in [1.807, 2.05) is 7.05 Å². The molecule has 0 saturated carbocycles. The third-order valence-electron chi connectivity index (χ3n) is 0.792. The van der Waals surface area contributed by atoms with Crippen molar-refractivity contribution in [2.75, 3.05) is 14.1 Å². The summed E-state index contributed by atoms with van der Waals surface area (Å²) in [5, 5.41) is 10.4. The molecule has 0 heterocycles. The first-order valence-corrected chi connectivity index (χ1v) is 2.60. The van der Waals surface area contributed by atoms with Gasteiger partial charge in [0, 0.05) is 7.05 Å². The average Bonchev–Trinajstić information content (AvgIpc) is 1.65. The maximum absolute atomic E-state index is 8.72. The molecule has 1 atom stereocenters. The molecular formula is C5H15Cl2N2O. The first kappa shape index (κ1) is 16.8. The molecule has 1 unspecified atom stereocenters. The highest BCUT2D eigenvalue weighted by atomic mass is 35.5. The molecule has 5 heteroatoms. The second kappa shape index (κ2) is 9.46. The molecule has 2 N–H and O–H groups in total. The minimum Gasteiger partial charge on any atom is -0.392 e. The molecule has 0 amide bonds. The number of hydrogen-bond donors (Lipinski definition) is 2. The van der Waals surface area contributed by atoms with E-state index in [9.17, 15) is 0 Å². The fourth-order valence-electron chi connectivity index (χ4n) is 0.398. The molecule has 0 fully saturated rings. The van der Waals surface area contributed by atoms with Gasteiger partial charge in [0.05, 0.1) is 12.6 Å². The molecule has 0 aliphatic heterocycles. The van der Waals surface area contributed by atoms with Crippen LogP contribution in [0.25, 0.3) is 0 Å². The van der Waals surface area contributed by atoms with Crippen molar-refractivity contribution in [1.29, 1.82) is 0 Å². The Morgan fingerprint density at radius 2 is 1.90 bits per heavy atom. The molecule has 0 aromatic rings. The molecule has 65 valence electrons. The molecule has 0 aromatic carbocycles. The molecule has 1 radical (unpaired) electrons. The van der Waals surface area contributed by atoms with Crippen molar-refractivity contribution in [3.8, 4) is 0 Å². The second-order valence-electron chi connectivity index (χ2n) is 1.72. The highest BCUT2D eigenvalue weighted by Gasteiger charge is 1.98. The van der Waals surface area contributed by atoms with Gasteiger partial charge in [-0.1, -0.05) is 0 Å². The SMILES string of the molecule is CNN(C)[CH]C(C)O.Cl.Cl. The number of nitrogens with zero attached hydrogens (tertiary/aromatic N) is 1. The molecule has 0 aliphatic rings. The van der Waals surface area contributed by atoms with E-state index in [4.69, 9.17) is 5.11 Å². The zero-order chi connectivity index (χ0) is 6.57. The Balaban J connectivity index is -0.000000245. The highest BCUT2D eigenvalue weighted by Crippen LogP contribution is 1.87. The normalized spacial score (nSPS) is 11.7.